The fourth-order valence-corrected chi connectivity index (χ4v) is 3.83. The minimum absolute atomic E-state index is 0.0207. The van der Waals surface area contributed by atoms with Crippen molar-refractivity contribution in [2.45, 2.75) is 20.0 Å². The molecule has 150 valence electrons. The number of piperazine rings is 1. The van der Waals surface area contributed by atoms with Gasteiger partial charge < -0.3 is 4.90 Å². The Balaban J connectivity index is 1.38. The first-order valence-corrected chi connectivity index (χ1v) is 10.1. The second kappa shape index (κ2) is 8.35. The molecule has 1 aliphatic rings. The van der Waals surface area contributed by atoms with Crippen LogP contribution in [0.15, 0.2) is 53.6 Å². The van der Waals surface area contributed by atoms with Crippen molar-refractivity contribution < 1.29 is 4.79 Å². The van der Waals surface area contributed by atoms with E-state index in [2.05, 4.69) is 9.88 Å². The van der Waals surface area contributed by atoms with Gasteiger partial charge in [0.1, 0.15) is 6.54 Å². The Labute approximate surface area is 174 Å². The molecule has 2 aromatic carbocycles. The molecule has 1 aromatic heterocycles. The molecule has 2 heterocycles. The number of hydrogen-bond acceptors (Lipinski definition) is 4. The van der Waals surface area contributed by atoms with Gasteiger partial charge in [-0.15, -0.1) is 0 Å². The fourth-order valence-electron chi connectivity index (χ4n) is 3.70. The lowest BCUT2D eigenvalue weighted by atomic mass is 10.1. The molecule has 29 heavy (non-hydrogen) atoms. The number of aryl methyl sites for hydroxylation is 1. The zero-order valence-electron chi connectivity index (χ0n) is 16.3. The highest BCUT2D eigenvalue weighted by Crippen LogP contribution is 2.14. The van der Waals surface area contributed by atoms with E-state index >= 15 is 0 Å². The molecular weight excluding hydrogens is 388 g/mol. The van der Waals surface area contributed by atoms with E-state index in [9.17, 15) is 9.59 Å². The average molecular weight is 411 g/mol. The standard InChI is InChI=1S/C22H23ClN4O2/c1-16-3-2-4-19-21(16)24-15-27(22(19)29)14-20(28)26-11-9-25(10-12-26)13-17-5-7-18(23)8-6-17/h2-8,15H,9-14H2,1H3. The van der Waals surface area contributed by atoms with Crippen LogP contribution in [-0.4, -0.2) is 51.4 Å². The summed E-state index contributed by atoms with van der Waals surface area (Å²) in [6, 6.07) is 13.4. The second-order valence-corrected chi connectivity index (χ2v) is 7.87. The molecule has 6 nitrogen and oxygen atoms in total. The number of halogens is 1. The predicted octanol–water partition coefficient (Wildman–Crippen LogP) is 2.70. The van der Waals surface area contributed by atoms with Gasteiger partial charge in [0.2, 0.25) is 5.91 Å². The number of para-hydroxylation sites is 1. The first-order chi connectivity index (χ1) is 14.0. The maximum Gasteiger partial charge on any atom is 0.261 e. The van der Waals surface area contributed by atoms with Crippen LogP contribution in [0.1, 0.15) is 11.1 Å². The predicted molar refractivity (Wildman–Crippen MR) is 114 cm³/mol. The Morgan fingerprint density at radius 3 is 2.52 bits per heavy atom. The highest BCUT2D eigenvalue weighted by atomic mass is 35.5. The molecule has 1 amide bonds. The van der Waals surface area contributed by atoms with Gasteiger partial charge in [-0.2, -0.15) is 0 Å². The third-order valence-electron chi connectivity index (χ3n) is 5.41. The number of rotatable bonds is 4. The molecule has 3 aromatic rings. The van der Waals surface area contributed by atoms with Crippen molar-refractivity contribution in [3.63, 3.8) is 0 Å². The Hall–Kier alpha value is -2.70. The normalized spacial score (nSPS) is 15.0. The Morgan fingerprint density at radius 2 is 1.79 bits per heavy atom. The van der Waals surface area contributed by atoms with Gasteiger partial charge >= 0.3 is 0 Å². The van der Waals surface area contributed by atoms with Crippen molar-refractivity contribution in [1.29, 1.82) is 0 Å². The maximum atomic E-state index is 12.7. The van der Waals surface area contributed by atoms with Crippen LogP contribution < -0.4 is 5.56 Å². The third-order valence-corrected chi connectivity index (χ3v) is 5.66. The number of amides is 1. The summed E-state index contributed by atoms with van der Waals surface area (Å²) in [4.78, 5) is 34.0. The summed E-state index contributed by atoms with van der Waals surface area (Å²) in [5.74, 6) is -0.0490. The fraction of sp³-hybridized carbons (Fsp3) is 0.318. The quantitative estimate of drug-likeness (QED) is 0.663. The van der Waals surface area contributed by atoms with E-state index < -0.39 is 0 Å². The summed E-state index contributed by atoms with van der Waals surface area (Å²) >= 11 is 5.94. The molecule has 0 spiro atoms. The van der Waals surface area contributed by atoms with Gasteiger partial charge in [0.25, 0.3) is 5.56 Å². The molecule has 0 atom stereocenters. The van der Waals surface area contributed by atoms with Crippen molar-refractivity contribution >= 4 is 28.4 Å². The van der Waals surface area contributed by atoms with Gasteiger partial charge in [-0.3, -0.25) is 19.1 Å². The van der Waals surface area contributed by atoms with Gasteiger partial charge in [-0.1, -0.05) is 35.9 Å². The van der Waals surface area contributed by atoms with Crippen LogP contribution in [0.5, 0.6) is 0 Å². The van der Waals surface area contributed by atoms with Crippen molar-refractivity contribution in [2.75, 3.05) is 26.2 Å². The lowest BCUT2D eigenvalue weighted by Crippen LogP contribution is -2.49. The Morgan fingerprint density at radius 1 is 1.07 bits per heavy atom. The lowest BCUT2D eigenvalue weighted by Gasteiger charge is -2.34. The Kier molecular flexibility index (Phi) is 5.65. The first-order valence-electron chi connectivity index (χ1n) is 9.70. The molecule has 0 radical (unpaired) electrons. The highest BCUT2D eigenvalue weighted by Gasteiger charge is 2.22. The minimum atomic E-state index is -0.173. The molecule has 1 fully saturated rings. The minimum Gasteiger partial charge on any atom is -0.339 e. The topological polar surface area (TPSA) is 58.4 Å². The van der Waals surface area contributed by atoms with Crippen molar-refractivity contribution in [1.82, 2.24) is 19.4 Å². The maximum absolute atomic E-state index is 12.7. The SMILES string of the molecule is Cc1cccc2c(=O)n(CC(=O)N3CCN(Cc4ccc(Cl)cc4)CC3)cnc12. The van der Waals surface area contributed by atoms with Crippen LogP contribution in [0.25, 0.3) is 10.9 Å². The number of hydrogen-bond donors (Lipinski definition) is 0. The van der Waals surface area contributed by atoms with Gasteiger partial charge in [0.15, 0.2) is 0 Å². The monoisotopic (exact) mass is 410 g/mol. The summed E-state index contributed by atoms with van der Waals surface area (Å²) in [6.07, 6.45) is 1.48. The average Bonchev–Trinajstić information content (AvgIpc) is 2.73. The van der Waals surface area contributed by atoms with E-state index in [0.29, 0.717) is 24.0 Å². The summed E-state index contributed by atoms with van der Waals surface area (Å²) in [6.45, 7) is 5.70. The molecule has 4 rings (SSSR count). The molecule has 7 heteroatoms. The highest BCUT2D eigenvalue weighted by molar-refractivity contribution is 6.30. The lowest BCUT2D eigenvalue weighted by molar-refractivity contribution is -0.133. The molecule has 0 saturated carbocycles. The second-order valence-electron chi connectivity index (χ2n) is 7.43. The van der Waals surface area contributed by atoms with Crippen LogP contribution in [0.3, 0.4) is 0 Å². The summed E-state index contributed by atoms with van der Waals surface area (Å²) in [5, 5.41) is 1.28. The van der Waals surface area contributed by atoms with Crippen LogP contribution in [0, 0.1) is 6.92 Å². The van der Waals surface area contributed by atoms with Crippen LogP contribution in [0.2, 0.25) is 5.02 Å². The molecular formula is C22H23ClN4O2. The van der Waals surface area contributed by atoms with Crippen molar-refractivity contribution in [2.24, 2.45) is 0 Å². The summed E-state index contributed by atoms with van der Waals surface area (Å²) in [7, 11) is 0. The molecule has 1 saturated heterocycles. The van der Waals surface area contributed by atoms with Gasteiger partial charge in [-0.25, -0.2) is 4.98 Å². The van der Waals surface area contributed by atoms with E-state index in [1.165, 1.54) is 16.5 Å². The number of benzene rings is 2. The zero-order chi connectivity index (χ0) is 20.4. The van der Waals surface area contributed by atoms with Gasteiger partial charge in [0.05, 0.1) is 17.2 Å². The third kappa shape index (κ3) is 4.33. The van der Waals surface area contributed by atoms with Crippen LogP contribution >= 0.6 is 11.6 Å². The summed E-state index contributed by atoms with van der Waals surface area (Å²) in [5.41, 5.74) is 2.68. The number of aromatic nitrogens is 2. The largest absolute Gasteiger partial charge is 0.339 e. The van der Waals surface area contributed by atoms with Crippen molar-refractivity contribution in [3.05, 3.63) is 75.3 Å². The number of fused-ring (bicyclic) bond motifs is 1. The Bertz CT molecular complexity index is 1090. The smallest absolute Gasteiger partial charge is 0.261 e. The van der Waals surface area contributed by atoms with E-state index in [0.717, 1.165) is 30.2 Å². The van der Waals surface area contributed by atoms with Crippen LogP contribution in [0.4, 0.5) is 0 Å². The molecule has 0 unspecified atom stereocenters. The van der Waals surface area contributed by atoms with Crippen LogP contribution in [-0.2, 0) is 17.9 Å². The summed E-state index contributed by atoms with van der Waals surface area (Å²) < 4.78 is 1.41. The first kappa shape index (κ1) is 19.6. The molecule has 0 N–H and O–H groups in total. The number of carbonyl (C=O) groups is 1. The zero-order valence-corrected chi connectivity index (χ0v) is 17.1. The van der Waals surface area contributed by atoms with E-state index in [1.807, 2.05) is 48.2 Å². The van der Waals surface area contributed by atoms with Gasteiger partial charge in [0, 0.05) is 37.7 Å². The van der Waals surface area contributed by atoms with Crippen molar-refractivity contribution in [3.8, 4) is 0 Å². The molecule has 0 aliphatic carbocycles. The van der Waals surface area contributed by atoms with Gasteiger partial charge in [-0.05, 0) is 36.2 Å². The number of nitrogens with zero attached hydrogens (tertiary/aromatic N) is 4. The molecule has 0 bridgehead atoms. The number of carbonyl (C=O) groups excluding carboxylic acids is 1. The van der Waals surface area contributed by atoms with E-state index in [4.69, 9.17) is 11.6 Å². The molecule has 1 aliphatic heterocycles. The van der Waals surface area contributed by atoms with E-state index in [-0.39, 0.29) is 18.0 Å². The van der Waals surface area contributed by atoms with E-state index in [1.54, 1.807) is 6.07 Å².